The van der Waals surface area contributed by atoms with Crippen molar-refractivity contribution in [2.75, 3.05) is 5.32 Å². The molecule has 0 atom stereocenters. The number of hydrogen-bond donors (Lipinski definition) is 2. The van der Waals surface area contributed by atoms with E-state index in [0.29, 0.717) is 23.6 Å². The molecule has 6 heteroatoms. The molecule has 1 amide bonds. The number of halogens is 1. The summed E-state index contributed by atoms with van der Waals surface area (Å²) in [6.07, 6.45) is 7.77. The third-order valence-corrected chi connectivity index (χ3v) is 3.56. The molecule has 0 aliphatic rings. The van der Waals surface area contributed by atoms with Crippen LogP contribution in [0, 0.1) is 0 Å². The number of benzene rings is 1. The van der Waals surface area contributed by atoms with Gasteiger partial charge in [0.05, 0.1) is 0 Å². The molecular formula is C17H15ClN4O. The minimum atomic E-state index is -0.0793. The Morgan fingerprint density at radius 1 is 1.13 bits per heavy atom. The molecule has 0 aliphatic carbocycles. The van der Waals surface area contributed by atoms with Crippen LogP contribution in [0.25, 0.3) is 11.1 Å². The van der Waals surface area contributed by atoms with Crippen molar-refractivity contribution < 1.29 is 4.79 Å². The number of anilines is 1. The second-order valence-electron chi connectivity index (χ2n) is 5.05. The van der Waals surface area contributed by atoms with Gasteiger partial charge >= 0.3 is 0 Å². The van der Waals surface area contributed by atoms with Gasteiger partial charge in [-0.15, -0.1) is 0 Å². The van der Waals surface area contributed by atoms with Crippen molar-refractivity contribution in [3.8, 4) is 11.1 Å². The van der Waals surface area contributed by atoms with Crippen LogP contribution in [0.15, 0.2) is 55.1 Å². The zero-order chi connectivity index (χ0) is 16.1. The lowest BCUT2D eigenvalue weighted by Gasteiger charge is -2.09. The first-order valence-corrected chi connectivity index (χ1v) is 7.57. The first kappa shape index (κ1) is 15.2. The first-order valence-electron chi connectivity index (χ1n) is 7.20. The summed E-state index contributed by atoms with van der Waals surface area (Å²) in [4.78, 5) is 23.1. The number of imidazole rings is 1. The van der Waals surface area contributed by atoms with E-state index < -0.39 is 0 Å². The highest BCUT2D eigenvalue weighted by Crippen LogP contribution is 2.27. The van der Waals surface area contributed by atoms with Gasteiger partial charge in [-0.25, -0.2) is 4.98 Å². The van der Waals surface area contributed by atoms with Crippen LogP contribution in [0.3, 0.4) is 0 Å². The first-order chi connectivity index (χ1) is 11.2. The molecule has 0 radical (unpaired) electrons. The summed E-state index contributed by atoms with van der Waals surface area (Å²) in [5.41, 5.74) is 2.60. The van der Waals surface area contributed by atoms with Gasteiger partial charge in [-0.2, -0.15) is 0 Å². The van der Waals surface area contributed by atoms with E-state index >= 15 is 0 Å². The van der Waals surface area contributed by atoms with Crippen molar-refractivity contribution in [2.24, 2.45) is 0 Å². The Bertz CT molecular complexity index is 788. The van der Waals surface area contributed by atoms with E-state index in [-0.39, 0.29) is 5.91 Å². The van der Waals surface area contributed by atoms with Crippen LogP contribution in [0.2, 0.25) is 5.02 Å². The topological polar surface area (TPSA) is 70.7 Å². The van der Waals surface area contributed by atoms with E-state index in [9.17, 15) is 4.79 Å². The normalized spacial score (nSPS) is 10.5. The Hall–Kier alpha value is -2.66. The number of hydrogen-bond acceptors (Lipinski definition) is 3. The lowest BCUT2D eigenvalue weighted by molar-refractivity contribution is -0.116. The molecule has 0 unspecified atom stereocenters. The number of aromatic nitrogens is 3. The number of nitrogens with one attached hydrogen (secondary N) is 2. The summed E-state index contributed by atoms with van der Waals surface area (Å²) in [6.45, 7) is 0. The number of amides is 1. The summed E-state index contributed by atoms with van der Waals surface area (Å²) >= 11 is 6.16. The molecule has 0 bridgehead atoms. The number of carbonyl (C=O) groups excluding carboxylic acids is 1. The molecule has 116 valence electrons. The number of aryl methyl sites for hydroxylation is 1. The fraction of sp³-hybridized carbons (Fsp3) is 0.118. The zero-order valence-corrected chi connectivity index (χ0v) is 13.0. The standard InChI is InChI=1S/C17H15ClN4O/c18-14-9-13(12-3-5-19-6-4-12)10-15(11-14)22-17(23)2-1-16-20-7-8-21-16/h3-11H,1-2H2,(H,20,21)(H,22,23). The number of H-pyrrole nitrogens is 1. The maximum atomic E-state index is 12.1. The van der Waals surface area contributed by atoms with Gasteiger partial charge in [0.1, 0.15) is 5.82 Å². The number of nitrogens with zero attached hydrogens (tertiary/aromatic N) is 2. The van der Waals surface area contributed by atoms with E-state index in [0.717, 1.165) is 17.0 Å². The number of aromatic amines is 1. The molecule has 0 saturated heterocycles. The second-order valence-corrected chi connectivity index (χ2v) is 5.48. The Kier molecular flexibility index (Phi) is 4.68. The van der Waals surface area contributed by atoms with Crippen molar-refractivity contribution in [1.82, 2.24) is 15.0 Å². The third-order valence-electron chi connectivity index (χ3n) is 3.34. The van der Waals surface area contributed by atoms with Gasteiger partial charge in [0.25, 0.3) is 0 Å². The van der Waals surface area contributed by atoms with Crippen LogP contribution in [-0.4, -0.2) is 20.9 Å². The van der Waals surface area contributed by atoms with E-state index in [1.54, 1.807) is 30.9 Å². The largest absolute Gasteiger partial charge is 0.349 e. The van der Waals surface area contributed by atoms with Crippen LogP contribution in [0.1, 0.15) is 12.2 Å². The van der Waals surface area contributed by atoms with Crippen LogP contribution >= 0.6 is 11.6 Å². The maximum Gasteiger partial charge on any atom is 0.224 e. The van der Waals surface area contributed by atoms with E-state index in [4.69, 9.17) is 11.6 Å². The second kappa shape index (κ2) is 7.07. The third kappa shape index (κ3) is 4.17. The fourth-order valence-electron chi connectivity index (χ4n) is 2.26. The van der Waals surface area contributed by atoms with E-state index in [1.165, 1.54) is 0 Å². The van der Waals surface area contributed by atoms with Crippen LogP contribution in [0.5, 0.6) is 0 Å². The molecular weight excluding hydrogens is 312 g/mol. The summed E-state index contributed by atoms with van der Waals surface area (Å²) in [7, 11) is 0. The number of carbonyl (C=O) groups is 1. The zero-order valence-electron chi connectivity index (χ0n) is 12.3. The average molecular weight is 327 g/mol. The minimum Gasteiger partial charge on any atom is -0.349 e. The highest BCUT2D eigenvalue weighted by Gasteiger charge is 2.07. The summed E-state index contributed by atoms with van der Waals surface area (Å²) < 4.78 is 0. The van der Waals surface area contributed by atoms with E-state index in [1.807, 2.05) is 24.3 Å². The summed E-state index contributed by atoms with van der Waals surface area (Å²) in [5, 5.41) is 3.44. The molecule has 0 fully saturated rings. The van der Waals surface area contributed by atoms with Gasteiger partial charge in [-0.3, -0.25) is 9.78 Å². The minimum absolute atomic E-state index is 0.0793. The molecule has 5 nitrogen and oxygen atoms in total. The molecule has 2 aromatic heterocycles. The van der Waals surface area contributed by atoms with Crippen molar-refractivity contribution in [2.45, 2.75) is 12.8 Å². The van der Waals surface area contributed by atoms with Gasteiger partial charge in [0.2, 0.25) is 5.91 Å². The van der Waals surface area contributed by atoms with Crippen molar-refractivity contribution >= 4 is 23.2 Å². The van der Waals surface area contributed by atoms with Gasteiger partial charge < -0.3 is 10.3 Å². The molecule has 0 aliphatic heterocycles. The molecule has 3 rings (SSSR count). The molecule has 1 aromatic carbocycles. The predicted molar refractivity (Wildman–Crippen MR) is 90.2 cm³/mol. The van der Waals surface area contributed by atoms with Gasteiger partial charge in [-0.05, 0) is 41.5 Å². The highest BCUT2D eigenvalue weighted by atomic mass is 35.5. The molecule has 3 aromatic rings. The molecule has 23 heavy (non-hydrogen) atoms. The maximum absolute atomic E-state index is 12.1. The van der Waals surface area contributed by atoms with Crippen LogP contribution in [-0.2, 0) is 11.2 Å². The predicted octanol–water partition coefficient (Wildman–Crippen LogP) is 3.70. The van der Waals surface area contributed by atoms with E-state index in [2.05, 4.69) is 20.3 Å². The Morgan fingerprint density at radius 3 is 2.70 bits per heavy atom. The monoisotopic (exact) mass is 326 g/mol. The number of pyridine rings is 1. The molecule has 2 N–H and O–H groups in total. The Balaban J connectivity index is 1.70. The average Bonchev–Trinajstić information content (AvgIpc) is 3.07. The van der Waals surface area contributed by atoms with Gasteiger partial charge in [0.15, 0.2) is 0 Å². The van der Waals surface area contributed by atoms with Crippen LogP contribution < -0.4 is 5.32 Å². The Labute approximate surface area is 138 Å². The van der Waals surface area contributed by atoms with Gasteiger partial charge in [-0.1, -0.05) is 11.6 Å². The van der Waals surface area contributed by atoms with Crippen molar-refractivity contribution in [1.29, 1.82) is 0 Å². The SMILES string of the molecule is O=C(CCc1ncc[nH]1)Nc1cc(Cl)cc(-c2ccncc2)c1. The molecule has 0 saturated carbocycles. The Morgan fingerprint density at radius 2 is 1.96 bits per heavy atom. The quantitative estimate of drug-likeness (QED) is 0.751. The summed E-state index contributed by atoms with van der Waals surface area (Å²) in [6, 6.07) is 9.28. The molecule has 2 heterocycles. The lowest BCUT2D eigenvalue weighted by Crippen LogP contribution is -2.12. The summed E-state index contributed by atoms with van der Waals surface area (Å²) in [5.74, 6) is 0.716. The van der Waals surface area contributed by atoms with Crippen molar-refractivity contribution in [3.63, 3.8) is 0 Å². The number of rotatable bonds is 5. The van der Waals surface area contributed by atoms with Crippen molar-refractivity contribution in [3.05, 3.63) is 66.0 Å². The fourth-order valence-corrected chi connectivity index (χ4v) is 2.50. The lowest BCUT2D eigenvalue weighted by atomic mass is 10.1. The highest BCUT2D eigenvalue weighted by molar-refractivity contribution is 6.31. The van der Waals surface area contributed by atoms with Gasteiger partial charge in [0, 0.05) is 48.3 Å². The van der Waals surface area contributed by atoms with Crippen LogP contribution in [0.4, 0.5) is 5.69 Å². The molecule has 0 spiro atoms. The smallest absolute Gasteiger partial charge is 0.224 e.